The summed E-state index contributed by atoms with van der Waals surface area (Å²) in [5.41, 5.74) is 2.32. The maximum absolute atomic E-state index is 3.94. The van der Waals surface area contributed by atoms with Gasteiger partial charge in [0.15, 0.2) is 5.82 Å². The summed E-state index contributed by atoms with van der Waals surface area (Å²) >= 11 is 0. The molecule has 5 nitrogen and oxygen atoms in total. The highest BCUT2D eigenvalue weighted by molar-refractivity contribution is 5.83. The van der Waals surface area contributed by atoms with E-state index in [4.69, 9.17) is 0 Å². The lowest BCUT2D eigenvalue weighted by Crippen LogP contribution is -1.89. The summed E-state index contributed by atoms with van der Waals surface area (Å²) in [6, 6.07) is 8.17. The van der Waals surface area contributed by atoms with E-state index in [-0.39, 0.29) is 0 Å². The molecule has 0 atom stereocenters. The van der Waals surface area contributed by atoms with Gasteiger partial charge in [-0.15, -0.1) is 10.2 Å². The Kier molecular flexibility index (Phi) is 1.74. The number of nitrogens with one attached hydrogen (secondary N) is 2. The Morgan fingerprint density at radius 2 is 2.13 bits per heavy atom. The van der Waals surface area contributed by atoms with Gasteiger partial charge in [0.25, 0.3) is 0 Å². The number of hydrogen-bond acceptors (Lipinski definition) is 3. The lowest BCUT2D eigenvalue weighted by Gasteiger charge is -1.93. The first kappa shape index (κ1) is 8.16. The summed E-state index contributed by atoms with van der Waals surface area (Å²) in [6.45, 7) is 0. The van der Waals surface area contributed by atoms with E-state index in [1.54, 1.807) is 0 Å². The fraction of sp³-hybridized carbons (Fsp3) is 0.100. The van der Waals surface area contributed by atoms with Crippen molar-refractivity contribution in [3.63, 3.8) is 0 Å². The van der Waals surface area contributed by atoms with Gasteiger partial charge in [0, 0.05) is 23.5 Å². The molecule has 0 unspecified atom stereocenters. The summed E-state index contributed by atoms with van der Waals surface area (Å²) in [6.07, 6.45) is 2.68. The SMILES string of the molecule is c1ccc2c(Cc3nn[nH]n3)c[nH]c2c1. The van der Waals surface area contributed by atoms with Crippen molar-refractivity contribution in [1.82, 2.24) is 25.6 Å². The van der Waals surface area contributed by atoms with Gasteiger partial charge in [-0.25, -0.2) is 0 Å². The monoisotopic (exact) mass is 199 g/mol. The van der Waals surface area contributed by atoms with Crippen LogP contribution in [0.15, 0.2) is 30.5 Å². The second-order valence-electron chi connectivity index (χ2n) is 3.36. The van der Waals surface area contributed by atoms with Gasteiger partial charge in [0.1, 0.15) is 0 Å². The molecule has 0 aliphatic carbocycles. The van der Waals surface area contributed by atoms with E-state index in [1.807, 2.05) is 18.3 Å². The molecule has 0 bridgehead atoms. The van der Waals surface area contributed by atoms with Crippen LogP contribution in [0.3, 0.4) is 0 Å². The molecular formula is C10H9N5. The first-order chi connectivity index (χ1) is 7.43. The zero-order chi connectivity index (χ0) is 10.1. The van der Waals surface area contributed by atoms with Crippen molar-refractivity contribution >= 4 is 10.9 Å². The molecule has 0 fully saturated rings. The van der Waals surface area contributed by atoms with Crippen LogP contribution >= 0.6 is 0 Å². The number of rotatable bonds is 2. The molecule has 2 heterocycles. The molecule has 0 amide bonds. The minimum Gasteiger partial charge on any atom is -0.361 e. The van der Waals surface area contributed by atoms with Gasteiger partial charge in [-0.2, -0.15) is 5.21 Å². The minimum atomic E-state index is 0.695. The number of tetrazole rings is 1. The molecule has 0 radical (unpaired) electrons. The highest BCUT2D eigenvalue weighted by Crippen LogP contribution is 2.18. The zero-order valence-corrected chi connectivity index (χ0v) is 7.94. The lowest BCUT2D eigenvalue weighted by atomic mass is 10.1. The van der Waals surface area contributed by atoms with Gasteiger partial charge >= 0.3 is 0 Å². The van der Waals surface area contributed by atoms with Crippen LogP contribution < -0.4 is 0 Å². The summed E-state index contributed by atoms with van der Waals surface area (Å²) in [4.78, 5) is 3.21. The minimum absolute atomic E-state index is 0.695. The molecule has 1 aromatic carbocycles. The van der Waals surface area contributed by atoms with Crippen molar-refractivity contribution in [3.8, 4) is 0 Å². The summed E-state index contributed by atoms with van der Waals surface area (Å²) in [5, 5.41) is 15.1. The number of fused-ring (bicyclic) bond motifs is 1. The lowest BCUT2D eigenvalue weighted by molar-refractivity contribution is 0.881. The largest absolute Gasteiger partial charge is 0.361 e. The molecule has 0 aliphatic heterocycles. The first-order valence-corrected chi connectivity index (χ1v) is 4.71. The van der Waals surface area contributed by atoms with Crippen LogP contribution in [0.25, 0.3) is 10.9 Å². The van der Waals surface area contributed by atoms with E-state index in [1.165, 1.54) is 10.9 Å². The normalized spacial score (nSPS) is 10.9. The topological polar surface area (TPSA) is 70.2 Å². The van der Waals surface area contributed by atoms with Crippen LogP contribution in [0.2, 0.25) is 0 Å². The maximum Gasteiger partial charge on any atom is 0.178 e. The molecule has 0 aliphatic rings. The van der Waals surface area contributed by atoms with Gasteiger partial charge in [-0.3, -0.25) is 0 Å². The molecule has 0 saturated carbocycles. The standard InChI is InChI=1S/C10H9N5/c1-2-4-9-8(3-1)7(6-11-9)5-10-12-14-15-13-10/h1-4,6,11H,5H2,(H,12,13,14,15). The van der Waals surface area contributed by atoms with Crippen molar-refractivity contribution in [3.05, 3.63) is 41.9 Å². The number of H-pyrrole nitrogens is 2. The van der Waals surface area contributed by atoms with Crippen molar-refractivity contribution in [1.29, 1.82) is 0 Å². The van der Waals surface area contributed by atoms with E-state index in [0.717, 1.165) is 5.52 Å². The number of aromatic nitrogens is 5. The van der Waals surface area contributed by atoms with Crippen molar-refractivity contribution in [2.24, 2.45) is 0 Å². The average molecular weight is 199 g/mol. The zero-order valence-electron chi connectivity index (χ0n) is 7.94. The van der Waals surface area contributed by atoms with Crippen LogP contribution in [-0.2, 0) is 6.42 Å². The van der Waals surface area contributed by atoms with E-state index in [0.29, 0.717) is 12.2 Å². The third kappa shape index (κ3) is 1.38. The third-order valence-electron chi connectivity index (χ3n) is 2.41. The predicted octanol–water partition coefficient (Wildman–Crippen LogP) is 1.27. The molecule has 3 rings (SSSR count). The second kappa shape index (κ2) is 3.20. The van der Waals surface area contributed by atoms with E-state index >= 15 is 0 Å². The molecule has 2 N–H and O–H groups in total. The maximum atomic E-state index is 3.94. The Balaban J connectivity index is 2.05. The number of aromatic amines is 2. The summed E-state index contributed by atoms with van der Waals surface area (Å²) in [5.74, 6) is 0.708. The average Bonchev–Trinajstić information content (AvgIpc) is 2.89. The molecule has 5 heteroatoms. The Morgan fingerprint density at radius 1 is 1.20 bits per heavy atom. The predicted molar refractivity (Wildman–Crippen MR) is 55.3 cm³/mol. The quantitative estimate of drug-likeness (QED) is 0.653. The number of benzene rings is 1. The molecule has 0 saturated heterocycles. The van der Waals surface area contributed by atoms with Crippen molar-refractivity contribution < 1.29 is 0 Å². The smallest absolute Gasteiger partial charge is 0.178 e. The molecule has 15 heavy (non-hydrogen) atoms. The molecule has 3 aromatic rings. The number of hydrogen-bond donors (Lipinski definition) is 2. The van der Waals surface area contributed by atoms with E-state index in [9.17, 15) is 0 Å². The van der Waals surface area contributed by atoms with Crippen LogP contribution in [-0.4, -0.2) is 25.6 Å². The molecule has 2 aromatic heterocycles. The van der Waals surface area contributed by atoms with Gasteiger partial charge in [0.2, 0.25) is 0 Å². The highest BCUT2D eigenvalue weighted by atomic mass is 15.5. The summed E-state index contributed by atoms with van der Waals surface area (Å²) < 4.78 is 0. The van der Waals surface area contributed by atoms with Crippen molar-refractivity contribution in [2.45, 2.75) is 6.42 Å². The fourth-order valence-electron chi connectivity index (χ4n) is 1.71. The molecule has 74 valence electrons. The summed E-state index contributed by atoms with van der Waals surface area (Å²) in [7, 11) is 0. The molecule has 0 spiro atoms. The fourth-order valence-corrected chi connectivity index (χ4v) is 1.71. The molecular weight excluding hydrogens is 190 g/mol. The van der Waals surface area contributed by atoms with Crippen LogP contribution in [0.5, 0.6) is 0 Å². The van der Waals surface area contributed by atoms with Crippen molar-refractivity contribution in [2.75, 3.05) is 0 Å². The Hall–Kier alpha value is -2.17. The number of para-hydroxylation sites is 1. The Morgan fingerprint density at radius 3 is 3.00 bits per heavy atom. The van der Waals surface area contributed by atoms with Gasteiger partial charge in [-0.05, 0) is 11.6 Å². The third-order valence-corrected chi connectivity index (χ3v) is 2.41. The number of nitrogens with zero attached hydrogens (tertiary/aromatic N) is 3. The van der Waals surface area contributed by atoms with E-state index < -0.39 is 0 Å². The second-order valence-corrected chi connectivity index (χ2v) is 3.36. The van der Waals surface area contributed by atoms with Gasteiger partial charge < -0.3 is 4.98 Å². The van der Waals surface area contributed by atoms with Crippen LogP contribution in [0.1, 0.15) is 11.4 Å². The van der Waals surface area contributed by atoms with E-state index in [2.05, 4.69) is 37.7 Å². The van der Waals surface area contributed by atoms with Gasteiger partial charge in [0.05, 0.1) is 0 Å². The highest BCUT2D eigenvalue weighted by Gasteiger charge is 2.06. The van der Waals surface area contributed by atoms with Crippen LogP contribution in [0.4, 0.5) is 0 Å². The van der Waals surface area contributed by atoms with Gasteiger partial charge in [-0.1, -0.05) is 23.4 Å². The Bertz CT molecular complexity index is 566. The van der Waals surface area contributed by atoms with Crippen LogP contribution in [0, 0.1) is 0 Å². The first-order valence-electron chi connectivity index (χ1n) is 4.71. The Labute approximate surface area is 85.5 Å².